The highest BCUT2D eigenvalue weighted by molar-refractivity contribution is 6.28. The maximum absolute atomic E-state index is 13.1. The lowest BCUT2D eigenvalue weighted by atomic mass is 10.1. The molecule has 0 aliphatic carbocycles. The predicted octanol–water partition coefficient (Wildman–Crippen LogP) is 7.34. The van der Waals surface area contributed by atoms with E-state index in [0.717, 1.165) is 50.5 Å². The van der Waals surface area contributed by atoms with Gasteiger partial charge in [0.25, 0.3) is 0 Å². The third kappa shape index (κ3) is 15.2. The Labute approximate surface area is 248 Å². The molecule has 0 aliphatic rings. The van der Waals surface area contributed by atoms with Gasteiger partial charge in [-0.25, -0.2) is 14.6 Å². The van der Waals surface area contributed by atoms with Crippen LogP contribution in [0.4, 0.5) is 18.0 Å². The topological polar surface area (TPSA) is 88.5 Å². The average Bonchev–Trinajstić information content (AvgIpc) is 2.92. The molecule has 0 unspecified atom stereocenters. The number of aldehydes is 1. The molecule has 0 aromatic heterocycles. The largest absolute Gasteiger partial charge is 0.476 e. The van der Waals surface area contributed by atoms with Crippen LogP contribution in [0.3, 0.4) is 0 Å². The van der Waals surface area contributed by atoms with E-state index in [1.165, 1.54) is 17.0 Å². The van der Waals surface area contributed by atoms with Crippen molar-refractivity contribution in [3.63, 3.8) is 0 Å². The number of nitrogens with zero attached hydrogens (tertiary/aromatic N) is 3. The van der Waals surface area contributed by atoms with Gasteiger partial charge in [-0.3, -0.25) is 4.79 Å². The summed E-state index contributed by atoms with van der Waals surface area (Å²) in [6.07, 6.45) is 2.31. The molecule has 0 heterocycles. The maximum atomic E-state index is 13.1. The van der Waals surface area contributed by atoms with Crippen molar-refractivity contribution < 1.29 is 37.0 Å². The first kappa shape index (κ1) is 36.9. The molecule has 42 heavy (non-hydrogen) atoms. The van der Waals surface area contributed by atoms with Gasteiger partial charge in [-0.05, 0) is 77.0 Å². The number of hydrogen-bond acceptors (Lipinski definition) is 6. The number of ether oxygens (including phenoxy) is 2. The molecule has 0 saturated heterocycles. The van der Waals surface area contributed by atoms with E-state index in [1.54, 1.807) is 26.8 Å². The number of hydrazone groups is 1. The molecule has 1 rings (SSSR count). The second-order valence-corrected chi connectivity index (χ2v) is 10.9. The van der Waals surface area contributed by atoms with E-state index in [1.807, 2.05) is 18.2 Å². The van der Waals surface area contributed by atoms with Crippen molar-refractivity contribution in [2.45, 2.75) is 110 Å². The number of unbranched alkanes of at least 4 members (excludes halogenated alkanes) is 5. The summed E-state index contributed by atoms with van der Waals surface area (Å²) >= 11 is 0. The molecule has 1 aromatic rings. The van der Waals surface area contributed by atoms with Crippen LogP contribution in [0.25, 0.3) is 0 Å². The molecular formula is C31H48F3N3O5. The van der Waals surface area contributed by atoms with Gasteiger partial charge in [0.05, 0.1) is 6.61 Å². The summed E-state index contributed by atoms with van der Waals surface area (Å²) < 4.78 is 48.7. The number of carbonyl (C=O) groups excluding carboxylic acids is 3. The summed E-state index contributed by atoms with van der Waals surface area (Å²) in [4.78, 5) is 38.1. The minimum atomic E-state index is -4.28. The molecule has 11 heteroatoms. The summed E-state index contributed by atoms with van der Waals surface area (Å²) in [7, 11) is 1.45. The summed E-state index contributed by atoms with van der Waals surface area (Å²) in [6, 6.07) is 6.96. The van der Waals surface area contributed by atoms with Gasteiger partial charge in [0.1, 0.15) is 11.5 Å². The molecule has 1 aromatic carbocycles. The van der Waals surface area contributed by atoms with Crippen LogP contribution in [-0.2, 0) is 20.7 Å². The Morgan fingerprint density at radius 3 is 2.33 bits per heavy atom. The maximum Gasteiger partial charge on any atom is 0.389 e. The van der Waals surface area contributed by atoms with E-state index in [-0.39, 0.29) is 31.8 Å². The number of amides is 2. The first-order valence-corrected chi connectivity index (χ1v) is 14.9. The summed E-state index contributed by atoms with van der Waals surface area (Å²) in [5.41, 5.74) is 0.157. The standard InChI is InChI=1S/C31H48F3N3O5/c1-6-8-9-12-18-26(24-38)35-37(29(40)36(5)21-15-20-31(32,33)34)22-13-10-11-16-25-17-14-19-27(23-25)42-30(3,4)28(39)41-7-2/h14,17,19,23-24H,6-13,15-16,18,20-22H2,1-5H3/b35-26-. The van der Waals surface area contributed by atoms with Crippen molar-refractivity contribution in [3.05, 3.63) is 29.8 Å². The quantitative estimate of drug-likeness (QED) is 0.0514. The molecule has 0 radical (unpaired) electrons. The molecule has 0 N–H and O–H groups in total. The van der Waals surface area contributed by atoms with Gasteiger partial charge in [0.2, 0.25) is 0 Å². The Kier molecular flexibility index (Phi) is 16.8. The number of hydrogen-bond donors (Lipinski definition) is 0. The number of benzene rings is 1. The van der Waals surface area contributed by atoms with Gasteiger partial charge in [-0.15, -0.1) is 0 Å². The van der Waals surface area contributed by atoms with Crippen LogP contribution in [-0.4, -0.2) is 72.4 Å². The lowest BCUT2D eigenvalue weighted by molar-refractivity contribution is -0.158. The van der Waals surface area contributed by atoms with Crippen LogP contribution in [0.2, 0.25) is 0 Å². The number of alkyl halides is 3. The number of urea groups is 1. The molecule has 0 bridgehead atoms. The minimum Gasteiger partial charge on any atom is -0.476 e. The Bertz CT molecular complexity index is 998. The van der Waals surface area contributed by atoms with E-state index in [0.29, 0.717) is 24.9 Å². The summed E-state index contributed by atoms with van der Waals surface area (Å²) in [5, 5.41) is 5.52. The highest BCUT2D eigenvalue weighted by Crippen LogP contribution is 2.23. The molecule has 2 amide bonds. The Morgan fingerprint density at radius 1 is 0.976 bits per heavy atom. The van der Waals surface area contributed by atoms with Gasteiger partial charge >= 0.3 is 18.2 Å². The molecule has 0 saturated carbocycles. The highest BCUT2D eigenvalue weighted by atomic mass is 19.4. The van der Waals surface area contributed by atoms with Crippen LogP contribution in [0, 0.1) is 0 Å². The molecular weight excluding hydrogens is 551 g/mol. The Hall–Kier alpha value is -3.11. The molecule has 8 nitrogen and oxygen atoms in total. The van der Waals surface area contributed by atoms with Crippen LogP contribution < -0.4 is 4.74 Å². The number of rotatable bonds is 20. The molecule has 0 aliphatic heterocycles. The van der Waals surface area contributed by atoms with Crippen molar-refractivity contribution in [1.82, 2.24) is 9.91 Å². The van der Waals surface area contributed by atoms with Gasteiger partial charge in [0.15, 0.2) is 11.9 Å². The smallest absolute Gasteiger partial charge is 0.389 e. The van der Waals surface area contributed by atoms with Crippen molar-refractivity contribution in [2.75, 3.05) is 26.7 Å². The number of carbonyl (C=O) groups is 3. The first-order chi connectivity index (χ1) is 19.8. The average molecular weight is 600 g/mol. The summed E-state index contributed by atoms with van der Waals surface area (Å²) in [6.45, 7) is 7.58. The zero-order chi connectivity index (χ0) is 31.6. The predicted molar refractivity (Wildman–Crippen MR) is 158 cm³/mol. The minimum absolute atomic E-state index is 0.0668. The van der Waals surface area contributed by atoms with Crippen molar-refractivity contribution in [1.29, 1.82) is 0 Å². The zero-order valence-corrected chi connectivity index (χ0v) is 25.8. The van der Waals surface area contributed by atoms with E-state index in [9.17, 15) is 27.6 Å². The van der Waals surface area contributed by atoms with Crippen LogP contribution >= 0.6 is 0 Å². The fourth-order valence-corrected chi connectivity index (χ4v) is 4.19. The molecule has 0 spiro atoms. The molecule has 0 atom stereocenters. The highest BCUT2D eigenvalue weighted by Gasteiger charge is 2.31. The third-order valence-corrected chi connectivity index (χ3v) is 6.55. The van der Waals surface area contributed by atoms with Crippen molar-refractivity contribution in [3.8, 4) is 5.75 Å². The number of aryl methyl sites for hydroxylation is 1. The fourth-order valence-electron chi connectivity index (χ4n) is 4.19. The Balaban J connectivity index is 2.77. The van der Waals surface area contributed by atoms with Gasteiger partial charge in [-0.2, -0.15) is 18.3 Å². The molecule has 238 valence electrons. The first-order valence-electron chi connectivity index (χ1n) is 14.9. The normalized spacial score (nSPS) is 12.1. The fraction of sp³-hybridized carbons (Fsp3) is 0.677. The monoisotopic (exact) mass is 599 g/mol. The van der Waals surface area contributed by atoms with Gasteiger partial charge in [0, 0.05) is 26.6 Å². The van der Waals surface area contributed by atoms with E-state index in [4.69, 9.17) is 9.47 Å². The summed E-state index contributed by atoms with van der Waals surface area (Å²) in [5.74, 6) is 0.118. The van der Waals surface area contributed by atoms with Crippen molar-refractivity contribution >= 4 is 24.0 Å². The van der Waals surface area contributed by atoms with Crippen LogP contribution in [0.5, 0.6) is 5.75 Å². The molecule has 0 fully saturated rings. The number of halogens is 3. The van der Waals surface area contributed by atoms with Crippen LogP contribution in [0.15, 0.2) is 29.4 Å². The SMILES string of the molecule is CCCCCC/C(C=O)=N/N(CCCCCc1cccc(OC(C)(C)C(=O)OCC)c1)C(=O)N(C)CCCC(F)(F)F. The van der Waals surface area contributed by atoms with Gasteiger partial charge < -0.3 is 14.4 Å². The zero-order valence-electron chi connectivity index (χ0n) is 25.8. The van der Waals surface area contributed by atoms with Crippen LogP contribution in [0.1, 0.15) is 97.5 Å². The van der Waals surface area contributed by atoms with Crippen molar-refractivity contribution in [2.24, 2.45) is 5.10 Å². The lowest BCUT2D eigenvalue weighted by Gasteiger charge is -2.25. The van der Waals surface area contributed by atoms with E-state index in [2.05, 4.69) is 12.0 Å². The van der Waals surface area contributed by atoms with Gasteiger partial charge in [-0.1, -0.05) is 44.7 Å². The lowest BCUT2D eigenvalue weighted by Crippen LogP contribution is -2.40. The third-order valence-electron chi connectivity index (χ3n) is 6.55. The second-order valence-electron chi connectivity index (χ2n) is 10.9. The van der Waals surface area contributed by atoms with E-state index < -0.39 is 30.2 Å². The van der Waals surface area contributed by atoms with E-state index >= 15 is 0 Å². The second kappa shape index (κ2) is 19.2. The Morgan fingerprint density at radius 2 is 1.69 bits per heavy atom. The number of esters is 1.